The van der Waals surface area contributed by atoms with Gasteiger partial charge in [-0.3, -0.25) is 14.6 Å². The first-order valence-electron chi connectivity index (χ1n) is 12.3. The first kappa shape index (κ1) is 25.5. The predicted octanol–water partition coefficient (Wildman–Crippen LogP) is 3.26. The minimum absolute atomic E-state index is 0.0690. The van der Waals surface area contributed by atoms with Gasteiger partial charge in [-0.05, 0) is 51.0 Å². The fourth-order valence-corrected chi connectivity index (χ4v) is 4.93. The van der Waals surface area contributed by atoms with E-state index in [4.69, 9.17) is 9.15 Å². The smallest absolute Gasteiger partial charge is 0.338 e. The van der Waals surface area contributed by atoms with Crippen molar-refractivity contribution in [3.8, 4) is 0 Å². The van der Waals surface area contributed by atoms with E-state index < -0.39 is 12.0 Å². The number of nitrogens with zero attached hydrogens (tertiary/aromatic N) is 3. The third kappa shape index (κ3) is 5.02. The van der Waals surface area contributed by atoms with Crippen molar-refractivity contribution < 1.29 is 23.5 Å². The summed E-state index contributed by atoms with van der Waals surface area (Å²) in [5.74, 6) is -0.254. The number of furan rings is 1. The number of hydrogen-bond acceptors (Lipinski definition) is 6. The molecule has 3 amide bonds. The zero-order valence-electron chi connectivity index (χ0n) is 21.5. The Kier molecular flexibility index (Phi) is 7.49. The van der Waals surface area contributed by atoms with Gasteiger partial charge in [0.2, 0.25) is 0 Å². The highest BCUT2D eigenvalue weighted by Gasteiger charge is 2.39. The number of urea groups is 1. The number of ether oxygens (including phenoxy) is 1. The van der Waals surface area contributed by atoms with Gasteiger partial charge in [0.05, 0.1) is 24.5 Å². The fraction of sp³-hybridized carbons (Fsp3) is 0.444. The van der Waals surface area contributed by atoms with Crippen LogP contribution < -0.4 is 5.32 Å². The maximum Gasteiger partial charge on any atom is 0.338 e. The molecule has 1 aromatic heterocycles. The van der Waals surface area contributed by atoms with Gasteiger partial charge in [-0.1, -0.05) is 23.8 Å². The van der Waals surface area contributed by atoms with E-state index in [9.17, 15) is 14.4 Å². The molecule has 1 N–H and O–H groups in total. The highest BCUT2D eigenvalue weighted by Crippen LogP contribution is 2.33. The molecule has 0 saturated carbocycles. The van der Waals surface area contributed by atoms with Gasteiger partial charge < -0.3 is 19.4 Å². The lowest BCUT2D eigenvalue weighted by Gasteiger charge is -2.42. The van der Waals surface area contributed by atoms with Crippen LogP contribution in [0.4, 0.5) is 4.79 Å². The van der Waals surface area contributed by atoms with Crippen LogP contribution in [0.15, 0.2) is 52.3 Å². The number of benzene rings is 1. The lowest BCUT2D eigenvalue weighted by Crippen LogP contribution is -2.56. The van der Waals surface area contributed by atoms with Gasteiger partial charge in [0.25, 0.3) is 5.91 Å². The number of nitrogens with one attached hydrogen (secondary N) is 1. The highest BCUT2D eigenvalue weighted by atomic mass is 16.5. The number of likely N-dealkylation sites (N-methyl/N-ethyl adjacent to an activating group) is 1. The summed E-state index contributed by atoms with van der Waals surface area (Å²) >= 11 is 0. The van der Waals surface area contributed by atoms with Crippen molar-refractivity contribution in [2.75, 3.05) is 39.8 Å². The summed E-state index contributed by atoms with van der Waals surface area (Å²) < 4.78 is 10.8. The second-order valence-electron chi connectivity index (χ2n) is 9.44. The Morgan fingerprint density at radius 3 is 2.64 bits per heavy atom. The Hall–Kier alpha value is -3.59. The van der Waals surface area contributed by atoms with Gasteiger partial charge >= 0.3 is 12.0 Å². The topological polar surface area (TPSA) is 95.3 Å². The molecule has 2 atom stereocenters. The summed E-state index contributed by atoms with van der Waals surface area (Å²) in [5.41, 5.74) is 3.95. The lowest BCUT2D eigenvalue weighted by molar-refractivity contribution is -0.139. The molecule has 0 aliphatic carbocycles. The summed E-state index contributed by atoms with van der Waals surface area (Å²) in [5, 5.41) is 3.00. The molecular formula is C27H34N4O5. The van der Waals surface area contributed by atoms with Crippen LogP contribution in [0, 0.1) is 13.8 Å². The summed E-state index contributed by atoms with van der Waals surface area (Å²) in [7, 11) is 1.67. The van der Waals surface area contributed by atoms with Gasteiger partial charge in [0.15, 0.2) is 5.76 Å². The van der Waals surface area contributed by atoms with Crippen molar-refractivity contribution in [3.63, 3.8) is 0 Å². The van der Waals surface area contributed by atoms with Crippen LogP contribution in [0.25, 0.3) is 0 Å². The van der Waals surface area contributed by atoms with Crippen LogP contribution in [-0.4, -0.2) is 78.5 Å². The van der Waals surface area contributed by atoms with E-state index in [0.717, 1.165) is 16.7 Å². The number of carbonyl (C=O) groups excluding carboxylic acids is 3. The number of piperazine rings is 1. The van der Waals surface area contributed by atoms with Crippen molar-refractivity contribution in [2.45, 2.75) is 39.8 Å². The van der Waals surface area contributed by atoms with E-state index in [0.29, 0.717) is 43.2 Å². The van der Waals surface area contributed by atoms with Crippen LogP contribution in [0.5, 0.6) is 0 Å². The Morgan fingerprint density at radius 1 is 1.19 bits per heavy atom. The number of rotatable bonds is 6. The number of amides is 3. The number of esters is 1. The molecule has 1 aromatic carbocycles. The normalized spacial score (nSPS) is 21.0. The Morgan fingerprint density at radius 2 is 1.97 bits per heavy atom. The Labute approximate surface area is 211 Å². The molecular weight excluding hydrogens is 460 g/mol. The minimum Gasteiger partial charge on any atom is -0.463 e. The monoisotopic (exact) mass is 494 g/mol. The van der Waals surface area contributed by atoms with Crippen LogP contribution in [0.3, 0.4) is 0 Å². The Bertz CT molecular complexity index is 1170. The van der Waals surface area contributed by atoms with E-state index in [1.54, 1.807) is 31.0 Å². The molecule has 2 aliphatic rings. The third-order valence-corrected chi connectivity index (χ3v) is 6.90. The van der Waals surface area contributed by atoms with E-state index in [2.05, 4.69) is 10.2 Å². The van der Waals surface area contributed by atoms with Gasteiger partial charge in [0, 0.05) is 45.0 Å². The second-order valence-corrected chi connectivity index (χ2v) is 9.44. The summed E-state index contributed by atoms with van der Waals surface area (Å²) in [6.07, 6.45) is 1.49. The Balaban J connectivity index is 1.64. The molecule has 9 nitrogen and oxygen atoms in total. The summed E-state index contributed by atoms with van der Waals surface area (Å²) in [6, 6.07) is 8.42. The first-order chi connectivity index (χ1) is 17.2. The van der Waals surface area contributed by atoms with Crippen molar-refractivity contribution in [2.24, 2.45) is 0 Å². The van der Waals surface area contributed by atoms with E-state index >= 15 is 0 Å². The van der Waals surface area contributed by atoms with E-state index in [-0.39, 0.29) is 24.6 Å². The number of aryl methyl sites for hydroxylation is 2. The summed E-state index contributed by atoms with van der Waals surface area (Å²) in [4.78, 5) is 44.6. The standard InChI is InChI=1S/C27H34N4O5/c1-6-35-26(33)23-21(29(5)27(34)28-24(23)20-14-17(2)9-10-18(20)3)16-30-11-12-31(19(4)15-30)25(32)22-8-7-13-36-22/h7-10,13-14,19,24H,6,11-12,15-16H2,1-5H3,(H,28,34)/t19-,24+/m1/s1. The molecule has 1 fully saturated rings. The molecule has 2 aromatic rings. The molecule has 36 heavy (non-hydrogen) atoms. The van der Waals surface area contributed by atoms with Crippen molar-refractivity contribution in [1.29, 1.82) is 0 Å². The molecule has 9 heteroatoms. The molecule has 0 radical (unpaired) electrons. The molecule has 2 aliphatic heterocycles. The van der Waals surface area contributed by atoms with Gasteiger partial charge in [-0.15, -0.1) is 0 Å². The molecule has 0 unspecified atom stereocenters. The molecule has 0 spiro atoms. The SMILES string of the molecule is CCOC(=O)C1=C(CN2CCN(C(=O)c3ccco3)[C@H](C)C2)N(C)C(=O)N[C@H]1c1cc(C)ccc1C. The van der Waals surface area contributed by atoms with Crippen molar-refractivity contribution in [1.82, 2.24) is 20.0 Å². The zero-order valence-corrected chi connectivity index (χ0v) is 21.5. The average molecular weight is 495 g/mol. The van der Waals surface area contributed by atoms with Crippen LogP contribution >= 0.6 is 0 Å². The quantitative estimate of drug-likeness (QED) is 0.620. The molecule has 3 heterocycles. The van der Waals surface area contributed by atoms with Gasteiger partial charge in [-0.2, -0.15) is 0 Å². The minimum atomic E-state index is -0.609. The van der Waals surface area contributed by atoms with E-state index in [1.165, 1.54) is 11.2 Å². The molecule has 192 valence electrons. The van der Waals surface area contributed by atoms with Crippen LogP contribution in [0.1, 0.15) is 47.1 Å². The number of hydrogen-bond donors (Lipinski definition) is 1. The highest BCUT2D eigenvalue weighted by molar-refractivity contribution is 5.95. The largest absolute Gasteiger partial charge is 0.463 e. The summed E-state index contributed by atoms with van der Waals surface area (Å²) in [6.45, 7) is 10.0. The first-order valence-corrected chi connectivity index (χ1v) is 12.3. The molecule has 4 rings (SSSR count). The van der Waals surface area contributed by atoms with Crippen molar-refractivity contribution >= 4 is 17.9 Å². The second kappa shape index (κ2) is 10.6. The fourth-order valence-electron chi connectivity index (χ4n) is 4.93. The third-order valence-electron chi connectivity index (χ3n) is 6.90. The van der Waals surface area contributed by atoms with Crippen molar-refractivity contribution in [3.05, 3.63) is 70.3 Å². The maximum atomic E-state index is 13.3. The van der Waals surface area contributed by atoms with E-state index in [1.807, 2.05) is 39.0 Å². The molecule has 0 bridgehead atoms. The zero-order chi connectivity index (χ0) is 26.0. The lowest BCUT2D eigenvalue weighted by atomic mass is 9.90. The molecule has 1 saturated heterocycles. The average Bonchev–Trinajstić information content (AvgIpc) is 3.38. The maximum absolute atomic E-state index is 13.3. The van der Waals surface area contributed by atoms with Crippen LogP contribution in [0.2, 0.25) is 0 Å². The number of carbonyl (C=O) groups is 3. The predicted molar refractivity (Wildman–Crippen MR) is 134 cm³/mol. The van der Waals surface area contributed by atoms with Gasteiger partial charge in [-0.25, -0.2) is 9.59 Å². The van der Waals surface area contributed by atoms with Gasteiger partial charge in [0.1, 0.15) is 0 Å². The van der Waals surface area contributed by atoms with Crippen LogP contribution in [-0.2, 0) is 9.53 Å².